The number of amides is 1. The number of hydrogen-bond donors (Lipinski definition) is 1. The van der Waals surface area contributed by atoms with Crippen molar-refractivity contribution in [2.45, 2.75) is 26.2 Å². The standard InChI is InChI=1S/C23H27N3O3/c1-4-5-9-14-24-23(27)22-19(16-26(25-22)18-10-7-6-8-11-18)17-12-13-20(28-2)21(15-17)29-3/h6-8,10-13,15-16H,4-5,9,14H2,1-3H3,(H,24,27). The molecule has 0 spiro atoms. The van der Waals surface area contributed by atoms with Crippen LogP contribution in [-0.2, 0) is 0 Å². The van der Waals surface area contributed by atoms with E-state index in [9.17, 15) is 4.79 Å². The second-order valence-electron chi connectivity index (χ2n) is 6.70. The van der Waals surface area contributed by atoms with E-state index in [1.165, 1.54) is 0 Å². The summed E-state index contributed by atoms with van der Waals surface area (Å²) in [6, 6.07) is 15.3. The molecule has 0 atom stereocenters. The van der Waals surface area contributed by atoms with Crippen molar-refractivity contribution in [1.29, 1.82) is 0 Å². The van der Waals surface area contributed by atoms with E-state index in [1.54, 1.807) is 18.9 Å². The Balaban J connectivity index is 2.00. The number of nitrogens with one attached hydrogen (secondary N) is 1. The van der Waals surface area contributed by atoms with Gasteiger partial charge in [0, 0.05) is 18.3 Å². The van der Waals surface area contributed by atoms with E-state index in [0.29, 0.717) is 23.7 Å². The zero-order valence-electron chi connectivity index (χ0n) is 17.1. The van der Waals surface area contributed by atoms with Gasteiger partial charge in [-0.05, 0) is 36.2 Å². The molecule has 29 heavy (non-hydrogen) atoms. The summed E-state index contributed by atoms with van der Waals surface area (Å²) in [5.74, 6) is 1.06. The normalized spacial score (nSPS) is 10.6. The summed E-state index contributed by atoms with van der Waals surface area (Å²) >= 11 is 0. The number of nitrogens with zero attached hydrogens (tertiary/aromatic N) is 2. The average Bonchev–Trinajstić information content (AvgIpc) is 3.22. The molecule has 0 aliphatic carbocycles. The van der Waals surface area contributed by atoms with Gasteiger partial charge < -0.3 is 14.8 Å². The lowest BCUT2D eigenvalue weighted by atomic mass is 10.1. The Kier molecular flexibility index (Phi) is 6.89. The lowest BCUT2D eigenvalue weighted by Crippen LogP contribution is -2.25. The quantitative estimate of drug-likeness (QED) is 0.545. The van der Waals surface area contributed by atoms with Gasteiger partial charge >= 0.3 is 0 Å². The number of para-hydroxylation sites is 1. The Morgan fingerprint density at radius 2 is 1.79 bits per heavy atom. The van der Waals surface area contributed by atoms with Gasteiger partial charge in [-0.25, -0.2) is 4.68 Å². The van der Waals surface area contributed by atoms with E-state index in [0.717, 1.165) is 36.1 Å². The molecule has 1 amide bonds. The fourth-order valence-electron chi connectivity index (χ4n) is 3.13. The number of ether oxygens (including phenoxy) is 2. The number of carbonyl (C=O) groups excluding carboxylic acids is 1. The molecule has 0 saturated heterocycles. The van der Waals surface area contributed by atoms with Crippen molar-refractivity contribution < 1.29 is 14.3 Å². The van der Waals surface area contributed by atoms with E-state index >= 15 is 0 Å². The fourth-order valence-corrected chi connectivity index (χ4v) is 3.13. The lowest BCUT2D eigenvalue weighted by Gasteiger charge is -2.10. The Bertz CT molecular complexity index is 951. The van der Waals surface area contributed by atoms with Crippen LogP contribution < -0.4 is 14.8 Å². The molecule has 3 aromatic rings. The number of methoxy groups -OCH3 is 2. The Morgan fingerprint density at radius 1 is 1.03 bits per heavy atom. The van der Waals surface area contributed by atoms with Crippen molar-refractivity contribution in [3.63, 3.8) is 0 Å². The minimum atomic E-state index is -0.180. The molecule has 0 radical (unpaired) electrons. The van der Waals surface area contributed by atoms with Gasteiger partial charge in [0.15, 0.2) is 17.2 Å². The summed E-state index contributed by atoms with van der Waals surface area (Å²) in [7, 11) is 3.19. The predicted octanol–water partition coefficient (Wildman–Crippen LogP) is 4.48. The Labute approximate surface area is 171 Å². The minimum absolute atomic E-state index is 0.180. The first-order valence-electron chi connectivity index (χ1n) is 9.83. The number of benzene rings is 2. The summed E-state index contributed by atoms with van der Waals surface area (Å²) < 4.78 is 12.5. The SMILES string of the molecule is CCCCCNC(=O)c1nn(-c2ccccc2)cc1-c1ccc(OC)c(OC)c1. The molecule has 0 fully saturated rings. The first kappa shape index (κ1) is 20.5. The maximum atomic E-state index is 12.9. The number of aromatic nitrogens is 2. The molecule has 1 aromatic heterocycles. The maximum absolute atomic E-state index is 12.9. The number of unbranched alkanes of at least 4 members (excludes halogenated alkanes) is 2. The summed E-state index contributed by atoms with van der Waals surface area (Å²) in [5.41, 5.74) is 2.85. The van der Waals surface area contributed by atoms with Crippen molar-refractivity contribution in [3.8, 4) is 28.3 Å². The van der Waals surface area contributed by atoms with Crippen LogP contribution in [0.4, 0.5) is 0 Å². The molecule has 0 saturated carbocycles. The topological polar surface area (TPSA) is 65.4 Å². The molecule has 6 heteroatoms. The molecule has 0 unspecified atom stereocenters. The van der Waals surface area contributed by atoms with Crippen LogP contribution in [0.2, 0.25) is 0 Å². The van der Waals surface area contributed by atoms with Crippen LogP contribution in [0.25, 0.3) is 16.8 Å². The zero-order chi connectivity index (χ0) is 20.6. The summed E-state index contributed by atoms with van der Waals surface area (Å²) in [4.78, 5) is 12.9. The summed E-state index contributed by atoms with van der Waals surface area (Å²) in [6.07, 6.45) is 5.02. The average molecular weight is 393 g/mol. The van der Waals surface area contributed by atoms with Crippen molar-refractivity contribution in [2.75, 3.05) is 20.8 Å². The van der Waals surface area contributed by atoms with Crippen LogP contribution in [0.15, 0.2) is 54.7 Å². The minimum Gasteiger partial charge on any atom is -0.493 e. The van der Waals surface area contributed by atoms with Gasteiger partial charge in [0.2, 0.25) is 0 Å². The van der Waals surface area contributed by atoms with E-state index in [1.807, 2.05) is 54.7 Å². The van der Waals surface area contributed by atoms with E-state index in [4.69, 9.17) is 9.47 Å². The fraction of sp³-hybridized carbons (Fsp3) is 0.304. The van der Waals surface area contributed by atoms with Gasteiger partial charge in [0.1, 0.15) is 0 Å². The molecule has 3 rings (SSSR count). The molecule has 1 heterocycles. The second kappa shape index (κ2) is 9.78. The largest absolute Gasteiger partial charge is 0.493 e. The number of carbonyl (C=O) groups is 1. The van der Waals surface area contributed by atoms with Crippen molar-refractivity contribution >= 4 is 5.91 Å². The van der Waals surface area contributed by atoms with Gasteiger partial charge in [0.25, 0.3) is 5.91 Å². The molecular formula is C23H27N3O3. The first-order chi connectivity index (χ1) is 14.2. The first-order valence-corrected chi connectivity index (χ1v) is 9.83. The zero-order valence-corrected chi connectivity index (χ0v) is 17.1. The van der Waals surface area contributed by atoms with Crippen LogP contribution in [0.1, 0.15) is 36.7 Å². The van der Waals surface area contributed by atoms with Crippen molar-refractivity contribution in [1.82, 2.24) is 15.1 Å². The van der Waals surface area contributed by atoms with Crippen LogP contribution in [0, 0.1) is 0 Å². The smallest absolute Gasteiger partial charge is 0.272 e. The lowest BCUT2D eigenvalue weighted by molar-refractivity contribution is 0.0948. The van der Waals surface area contributed by atoms with E-state index < -0.39 is 0 Å². The van der Waals surface area contributed by atoms with Crippen LogP contribution >= 0.6 is 0 Å². The van der Waals surface area contributed by atoms with Gasteiger partial charge in [-0.1, -0.05) is 44.0 Å². The Morgan fingerprint density at radius 3 is 2.48 bits per heavy atom. The van der Waals surface area contributed by atoms with Gasteiger partial charge in [0.05, 0.1) is 19.9 Å². The maximum Gasteiger partial charge on any atom is 0.272 e. The number of rotatable bonds is 9. The molecule has 2 aromatic carbocycles. The highest BCUT2D eigenvalue weighted by atomic mass is 16.5. The highest BCUT2D eigenvalue weighted by Gasteiger charge is 2.20. The summed E-state index contributed by atoms with van der Waals surface area (Å²) in [5, 5.41) is 7.58. The summed E-state index contributed by atoms with van der Waals surface area (Å²) in [6.45, 7) is 2.77. The molecule has 152 valence electrons. The molecule has 0 aliphatic rings. The van der Waals surface area contributed by atoms with Crippen LogP contribution in [0.5, 0.6) is 11.5 Å². The molecule has 6 nitrogen and oxygen atoms in total. The molecule has 0 aliphatic heterocycles. The van der Waals surface area contributed by atoms with Crippen molar-refractivity contribution in [3.05, 3.63) is 60.4 Å². The third kappa shape index (κ3) is 4.77. The Hall–Kier alpha value is -3.28. The van der Waals surface area contributed by atoms with Crippen LogP contribution in [0.3, 0.4) is 0 Å². The second-order valence-corrected chi connectivity index (χ2v) is 6.70. The highest BCUT2D eigenvalue weighted by molar-refractivity contribution is 5.99. The third-order valence-electron chi connectivity index (χ3n) is 4.71. The van der Waals surface area contributed by atoms with Gasteiger partial charge in [-0.3, -0.25) is 4.79 Å². The van der Waals surface area contributed by atoms with Gasteiger partial charge in [-0.2, -0.15) is 5.10 Å². The van der Waals surface area contributed by atoms with Crippen molar-refractivity contribution in [2.24, 2.45) is 0 Å². The molecule has 0 bridgehead atoms. The van der Waals surface area contributed by atoms with E-state index in [-0.39, 0.29) is 5.91 Å². The highest BCUT2D eigenvalue weighted by Crippen LogP contribution is 2.34. The predicted molar refractivity (Wildman–Crippen MR) is 114 cm³/mol. The molecule has 1 N–H and O–H groups in total. The number of hydrogen-bond acceptors (Lipinski definition) is 4. The monoisotopic (exact) mass is 393 g/mol. The molecular weight excluding hydrogens is 366 g/mol. The van der Waals surface area contributed by atoms with Crippen LogP contribution in [-0.4, -0.2) is 36.5 Å². The third-order valence-corrected chi connectivity index (χ3v) is 4.71. The van der Waals surface area contributed by atoms with E-state index in [2.05, 4.69) is 17.3 Å². The van der Waals surface area contributed by atoms with Gasteiger partial charge in [-0.15, -0.1) is 0 Å².